The number of carbonyl (C=O) groups is 1. The van der Waals surface area contributed by atoms with Crippen molar-refractivity contribution in [1.29, 1.82) is 0 Å². The van der Waals surface area contributed by atoms with Crippen molar-refractivity contribution in [3.8, 4) is 5.75 Å². The van der Waals surface area contributed by atoms with Gasteiger partial charge in [0.15, 0.2) is 0 Å². The van der Waals surface area contributed by atoms with Crippen LogP contribution in [0.15, 0.2) is 24.3 Å². The van der Waals surface area contributed by atoms with Crippen molar-refractivity contribution >= 4 is 5.97 Å². The Morgan fingerprint density at radius 2 is 2.18 bits per heavy atom. The van der Waals surface area contributed by atoms with Crippen LogP contribution in [0.3, 0.4) is 0 Å². The van der Waals surface area contributed by atoms with Gasteiger partial charge in [0.2, 0.25) is 0 Å². The third-order valence-corrected chi connectivity index (χ3v) is 2.98. The fraction of sp³-hybridized carbons (Fsp3) is 0.462. The lowest BCUT2D eigenvalue weighted by Gasteiger charge is -2.26. The minimum absolute atomic E-state index is 0.00204. The lowest BCUT2D eigenvalue weighted by Crippen LogP contribution is -2.41. The summed E-state index contributed by atoms with van der Waals surface area (Å²) < 4.78 is 10.5. The van der Waals surface area contributed by atoms with Gasteiger partial charge in [0, 0.05) is 5.56 Å². The quantitative estimate of drug-likeness (QED) is 0.809. The Labute approximate surface area is 101 Å². The van der Waals surface area contributed by atoms with E-state index in [1.807, 2.05) is 38.1 Å². The van der Waals surface area contributed by atoms with Crippen molar-refractivity contribution in [3.05, 3.63) is 29.8 Å². The first-order chi connectivity index (χ1) is 8.04. The van der Waals surface area contributed by atoms with Crippen molar-refractivity contribution in [3.63, 3.8) is 0 Å². The van der Waals surface area contributed by atoms with Crippen LogP contribution >= 0.6 is 0 Å². The molecule has 1 atom stereocenters. The SMILES string of the molecule is COC(=O)CNC1c2ccccc2OC1(C)C. The number of nitrogens with one attached hydrogen (secondary N) is 1. The number of hydrogen-bond acceptors (Lipinski definition) is 4. The average molecular weight is 235 g/mol. The zero-order valence-electron chi connectivity index (χ0n) is 10.3. The summed E-state index contributed by atoms with van der Waals surface area (Å²) in [4.78, 5) is 11.2. The van der Waals surface area contributed by atoms with Crippen LogP contribution in [0.1, 0.15) is 25.5 Å². The number of rotatable bonds is 3. The molecule has 1 N–H and O–H groups in total. The second-order valence-electron chi connectivity index (χ2n) is 4.63. The summed E-state index contributed by atoms with van der Waals surface area (Å²) in [6, 6.07) is 7.86. The van der Waals surface area contributed by atoms with E-state index >= 15 is 0 Å². The molecule has 0 bridgehead atoms. The maximum absolute atomic E-state index is 11.2. The Hall–Kier alpha value is -1.55. The summed E-state index contributed by atoms with van der Waals surface area (Å²) >= 11 is 0. The molecule has 0 saturated carbocycles. The van der Waals surface area contributed by atoms with Gasteiger partial charge in [-0.25, -0.2) is 0 Å². The monoisotopic (exact) mass is 235 g/mol. The van der Waals surface area contributed by atoms with E-state index < -0.39 is 0 Å². The number of esters is 1. The van der Waals surface area contributed by atoms with E-state index in [0.717, 1.165) is 11.3 Å². The summed E-state index contributed by atoms with van der Waals surface area (Å²) in [5.41, 5.74) is 0.721. The molecule has 0 spiro atoms. The van der Waals surface area contributed by atoms with Crippen molar-refractivity contribution < 1.29 is 14.3 Å². The summed E-state index contributed by atoms with van der Waals surface area (Å²) in [6.07, 6.45) is 0. The highest BCUT2D eigenvalue weighted by Crippen LogP contribution is 2.42. The van der Waals surface area contributed by atoms with Gasteiger partial charge in [0.1, 0.15) is 11.4 Å². The van der Waals surface area contributed by atoms with Crippen LogP contribution in [0, 0.1) is 0 Å². The van der Waals surface area contributed by atoms with E-state index in [4.69, 9.17) is 4.74 Å². The molecule has 1 aliphatic heterocycles. The molecule has 0 saturated heterocycles. The van der Waals surface area contributed by atoms with Crippen LogP contribution in [-0.4, -0.2) is 25.2 Å². The van der Waals surface area contributed by atoms with Crippen molar-refractivity contribution in [2.24, 2.45) is 0 Å². The number of methoxy groups -OCH3 is 1. The van der Waals surface area contributed by atoms with Crippen LogP contribution in [0.2, 0.25) is 0 Å². The Bertz CT molecular complexity index is 428. The highest BCUT2D eigenvalue weighted by molar-refractivity contribution is 5.71. The van der Waals surface area contributed by atoms with Crippen molar-refractivity contribution in [2.45, 2.75) is 25.5 Å². The molecule has 0 amide bonds. The molecule has 1 aromatic rings. The molecule has 0 aliphatic carbocycles. The van der Waals surface area contributed by atoms with E-state index in [1.54, 1.807) is 0 Å². The lowest BCUT2D eigenvalue weighted by atomic mass is 9.94. The molecule has 1 unspecified atom stereocenters. The average Bonchev–Trinajstić information content (AvgIpc) is 2.56. The van der Waals surface area contributed by atoms with Gasteiger partial charge in [-0.3, -0.25) is 10.1 Å². The Morgan fingerprint density at radius 1 is 1.47 bits per heavy atom. The Kier molecular flexibility index (Phi) is 3.07. The van der Waals surface area contributed by atoms with Crippen molar-refractivity contribution in [1.82, 2.24) is 5.32 Å². The highest BCUT2D eigenvalue weighted by Gasteiger charge is 2.40. The van der Waals surface area contributed by atoms with E-state index in [2.05, 4.69) is 10.1 Å². The smallest absolute Gasteiger partial charge is 0.319 e. The number of ether oxygens (including phenoxy) is 2. The largest absolute Gasteiger partial charge is 0.486 e. The van der Waals surface area contributed by atoms with Crippen LogP contribution < -0.4 is 10.1 Å². The zero-order chi connectivity index (χ0) is 12.5. The lowest BCUT2D eigenvalue weighted by molar-refractivity contribution is -0.139. The second kappa shape index (κ2) is 4.37. The molecule has 1 aromatic carbocycles. The molecule has 4 heteroatoms. The second-order valence-corrected chi connectivity index (χ2v) is 4.63. The number of fused-ring (bicyclic) bond motifs is 1. The predicted molar refractivity (Wildman–Crippen MR) is 63.9 cm³/mol. The molecule has 0 radical (unpaired) electrons. The number of para-hydroxylation sites is 1. The molecule has 0 fully saturated rings. The third kappa shape index (κ3) is 2.26. The fourth-order valence-electron chi connectivity index (χ4n) is 2.14. The first-order valence-corrected chi connectivity index (χ1v) is 5.63. The minimum Gasteiger partial charge on any atom is -0.486 e. The van der Waals surface area contributed by atoms with Gasteiger partial charge in [-0.15, -0.1) is 0 Å². The number of carbonyl (C=O) groups excluding carboxylic acids is 1. The molecule has 2 rings (SSSR count). The Balaban J connectivity index is 2.17. The Morgan fingerprint density at radius 3 is 2.88 bits per heavy atom. The standard InChI is InChI=1S/C13H17NO3/c1-13(2)12(14-8-11(15)16-3)9-6-4-5-7-10(9)17-13/h4-7,12,14H,8H2,1-3H3. The van der Waals surface area contributed by atoms with Gasteiger partial charge in [-0.1, -0.05) is 18.2 Å². The summed E-state index contributed by atoms with van der Waals surface area (Å²) in [5.74, 6) is 0.602. The predicted octanol–water partition coefficient (Wildman–Crippen LogP) is 1.66. The fourth-order valence-corrected chi connectivity index (χ4v) is 2.14. The van der Waals surface area contributed by atoms with Gasteiger partial charge in [-0.2, -0.15) is 0 Å². The molecule has 4 nitrogen and oxygen atoms in total. The van der Waals surface area contributed by atoms with Gasteiger partial charge >= 0.3 is 5.97 Å². The maximum Gasteiger partial charge on any atom is 0.319 e. The normalized spacial score (nSPS) is 20.5. The van der Waals surface area contributed by atoms with Gasteiger partial charge < -0.3 is 9.47 Å². The van der Waals surface area contributed by atoms with Crippen LogP contribution in [0.25, 0.3) is 0 Å². The number of benzene rings is 1. The molecule has 1 aliphatic rings. The van der Waals surface area contributed by atoms with Crippen molar-refractivity contribution in [2.75, 3.05) is 13.7 Å². The molecule has 1 heterocycles. The van der Waals surface area contributed by atoms with Gasteiger partial charge in [0.05, 0.1) is 19.7 Å². The van der Waals surface area contributed by atoms with Gasteiger partial charge in [0.25, 0.3) is 0 Å². The minimum atomic E-state index is -0.363. The van der Waals surface area contributed by atoms with Gasteiger partial charge in [-0.05, 0) is 19.9 Å². The summed E-state index contributed by atoms with van der Waals surface area (Å²) in [7, 11) is 1.38. The van der Waals surface area contributed by atoms with E-state index in [9.17, 15) is 4.79 Å². The first-order valence-electron chi connectivity index (χ1n) is 5.63. The molecule has 92 valence electrons. The van der Waals surface area contributed by atoms with Crippen LogP contribution in [-0.2, 0) is 9.53 Å². The summed E-state index contributed by atoms with van der Waals surface area (Å²) in [5, 5.41) is 3.18. The molecular formula is C13H17NO3. The van der Waals surface area contributed by atoms with Crippen LogP contribution in [0.5, 0.6) is 5.75 Å². The molecule has 17 heavy (non-hydrogen) atoms. The topological polar surface area (TPSA) is 47.6 Å². The van der Waals surface area contributed by atoms with E-state index in [-0.39, 0.29) is 24.2 Å². The molecular weight excluding hydrogens is 218 g/mol. The first kappa shape index (κ1) is 11.9. The van der Waals surface area contributed by atoms with Crippen LogP contribution in [0.4, 0.5) is 0 Å². The molecule has 0 aromatic heterocycles. The van der Waals surface area contributed by atoms with E-state index in [1.165, 1.54) is 7.11 Å². The maximum atomic E-state index is 11.2. The third-order valence-electron chi connectivity index (χ3n) is 2.98. The van der Waals surface area contributed by atoms with E-state index in [0.29, 0.717) is 0 Å². The number of hydrogen-bond donors (Lipinski definition) is 1. The zero-order valence-corrected chi connectivity index (χ0v) is 10.3. The summed E-state index contributed by atoms with van der Waals surface area (Å²) in [6.45, 7) is 4.19. The highest BCUT2D eigenvalue weighted by atomic mass is 16.5.